The Morgan fingerprint density at radius 2 is 2.04 bits per heavy atom. The summed E-state index contributed by atoms with van der Waals surface area (Å²) in [6.45, 7) is 4.05. The Labute approximate surface area is 143 Å². The number of ether oxygens (including phenoxy) is 1. The molecule has 3 heterocycles. The lowest BCUT2D eigenvalue weighted by molar-refractivity contribution is 0.0564. The molecule has 1 saturated heterocycles. The predicted molar refractivity (Wildman–Crippen MR) is 91.2 cm³/mol. The molecule has 25 heavy (non-hydrogen) atoms. The second-order valence-corrected chi connectivity index (χ2v) is 5.78. The molecule has 1 fully saturated rings. The molecule has 3 aromatic rings. The fourth-order valence-corrected chi connectivity index (χ4v) is 2.71. The predicted octanol–water partition coefficient (Wildman–Crippen LogP) is 2.46. The highest BCUT2D eigenvalue weighted by Gasteiger charge is 2.17. The van der Waals surface area contributed by atoms with Crippen LogP contribution >= 0.6 is 0 Å². The molecular formula is C17H17N5O3. The molecule has 1 N–H and O–H groups in total. The number of carbonyl (C=O) groups is 1. The number of oxazole rings is 1. The van der Waals surface area contributed by atoms with Crippen LogP contribution in [-0.2, 0) is 4.74 Å². The van der Waals surface area contributed by atoms with Crippen LogP contribution in [0.4, 0.5) is 10.6 Å². The number of urea groups is 1. The van der Waals surface area contributed by atoms with Gasteiger partial charge in [-0.05, 0) is 24.3 Å². The molecule has 1 aliphatic heterocycles. The molecule has 0 bridgehead atoms. The molecule has 2 amide bonds. The zero-order valence-corrected chi connectivity index (χ0v) is 13.7. The van der Waals surface area contributed by atoms with E-state index in [0.29, 0.717) is 43.8 Å². The van der Waals surface area contributed by atoms with Crippen LogP contribution in [-0.4, -0.2) is 52.4 Å². The molecule has 0 spiro atoms. The molecule has 8 heteroatoms. The first-order valence-electron chi connectivity index (χ1n) is 8.03. The van der Waals surface area contributed by atoms with Crippen molar-refractivity contribution in [3.63, 3.8) is 0 Å². The third-order valence-corrected chi connectivity index (χ3v) is 4.02. The number of fused-ring (bicyclic) bond motifs is 1. The lowest BCUT2D eigenvalue weighted by Crippen LogP contribution is -2.43. The van der Waals surface area contributed by atoms with Crippen molar-refractivity contribution in [2.75, 3.05) is 31.6 Å². The van der Waals surface area contributed by atoms with E-state index in [2.05, 4.69) is 20.5 Å². The Kier molecular flexibility index (Phi) is 4.02. The third-order valence-electron chi connectivity index (χ3n) is 4.02. The van der Waals surface area contributed by atoms with Gasteiger partial charge < -0.3 is 14.1 Å². The van der Waals surface area contributed by atoms with Gasteiger partial charge in [-0.25, -0.2) is 9.78 Å². The summed E-state index contributed by atoms with van der Waals surface area (Å²) >= 11 is 0. The summed E-state index contributed by atoms with van der Waals surface area (Å²) in [7, 11) is 0. The van der Waals surface area contributed by atoms with E-state index in [9.17, 15) is 4.79 Å². The highest BCUT2D eigenvalue weighted by Crippen LogP contribution is 2.25. The Bertz CT molecular complexity index is 918. The summed E-state index contributed by atoms with van der Waals surface area (Å²) in [4.78, 5) is 18.1. The average Bonchev–Trinajstić information content (AvgIpc) is 3.08. The zero-order chi connectivity index (χ0) is 17.2. The topological polar surface area (TPSA) is 93.4 Å². The number of aryl methyl sites for hydroxylation is 1. The summed E-state index contributed by atoms with van der Waals surface area (Å²) < 4.78 is 10.8. The molecule has 8 nitrogen and oxygen atoms in total. The van der Waals surface area contributed by atoms with E-state index in [1.165, 1.54) is 0 Å². The normalized spacial score (nSPS) is 14.7. The van der Waals surface area contributed by atoms with Crippen molar-refractivity contribution in [2.45, 2.75) is 6.92 Å². The number of nitrogens with one attached hydrogen (secondary N) is 1. The summed E-state index contributed by atoms with van der Waals surface area (Å²) in [5, 5.41) is 11.9. The van der Waals surface area contributed by atoms with Gasteiger partial charge in [0.15, 0.2) is 17.5 Å². The molecule has 1 aliphatic rings. The van der Waals surface area contributed by atoms with Crippen molar-refractivity contribution < 1.29 is 13.9 Å². The second-order valence-electron chi connectivity index (χ2n) is 5.78. The fourth-order valence-electron chi connectivity index (χ4n) is 2.71. The average molecular weight is 339 g/mol. The van der Waals surface area contributed by atoms with Crippen molar-refractivity contribution >= 4 is 22.8 Å². The number of hydrogen-bond donors (Lipinski definition) is 1. The highest BCUT2D eigenvalue weighted by molar-refractivity contribution is 5.91. The quantitative estimate of drug-likeness (QED) is 0.771. The molecule has 4 rings (SSSR count). The monoisotopic (exact) mass is 339 g/mol. The van der Waals surface area contributed by atoms with Gasteiger partial charge in [-0.15, -0.1) is 10.2 Å². The van der Waals surface area contributed by atoms with E-state index in [4.69, 9.17) is 9.15 Å². The largest absolute Gasteiger partial charge is 0.441 e. The van der Waals surface area contributed by atoms with Gasteiger partial charge in [0.2, 0.25) is 0 Å². The molecule has 2 aromatic heterocycles. The van der Waals surface area contributed by atoms with Crippen molar-refractivity contribution in [1.82, 2.24) is 20.1 Å². The molecule has 0 saturated carbocycles. The minimum Gasteiger partial charge on any atom is -0.441 e. The van der Waals surface area contributed by atoms with Gasteiger partial charge >= 0.3 is 6.03 Å². The van der Waals surface area contributed by atoms with Crippen LogP contribution < -0.4 is 5.32 Å². The summed E-state index contributed by atoms with van der Waals surface area (Å²) in [5.41, 5.74) is 1.64. The van der Waals surface area contributed by atoms with Crippen LogP contribution in [0.3, 0.4) is 0 Å². The number of carbonyl (C=O) groups excluding carboxylic acids is 1. The second kappa shape index (κ2) is 6.48. The van der Waals surface area contributed by atoms with Crippen LogP contribution in [0.25, 0.3) is 22.2 Å². The third kappa shape index (κ3) is 3.29. The number of nitrogens with zero attached hydrogens (tertiary/aromatic N) is 4. The van der Waals surface area contributed by atoms with E-state index in [-0.39, 0.29) is 6.03 Å². The van der Waals surface area contributed by atoms with Gasteiger partial charge in [-0.2, -0.15) is 0 Å². The Morgan fingerprint density at radius 3 is 2.80 bits per heavy atom. The first kappa shape index (κ1) is 15.5. The van der Waals surface area contributed by atoms with Gasteiger partial charge in [0.25, 0.3) is 0 Å². The van der Waals surface area contributed by atoms with Crippen molar-refractivity contribution in [1.29, 1.82) is 0 Å². The smallest absolute Gasteiger partial charge is 0.323 e. The molecule has 0 unspecified atom stereocenters. The maximum atomic E-state index is 12.3. The lowest BCUT2D eigenvalue weighted by atomic mass is 10.1. The zero-order valence-electron chi connectivity index (χ0n) is 13.7. The number of anilines is 1. The Hall–Kier alpha value is -3.00. The SMILES string of the molecule is Cc1ncc(-c2ccc3nnc(NC(=O)N4CCOCC4)cc3c2)o1. The minimum atomic E-state index is -0.195. The van der Waals surface area contributed by atoms with Crippen LogP contribution in [0, 0.1) is 6.92 Å². The van der Waals surface area contributed by atoms with E-state index >= 15 is 0 Å². The lowest BCUT2D eigenvalue weighted by Gasteiger charge is -2.26. The number of benzene rings is 1. The van der Waals surface area contributed by atoms with Crippen molar-refractivity contribution in [2.24, 2.45) is 0 Å². The van der Waals surface area contributed by atoms with Gasteiger partial charge in [-0.3, -0.25) is 5.32 Å². The van der Waals surface area contributed by atoms with Crippen LogP contribution in [0.15, 0.2) is 34.9 Å². The summed E-state index contributed by atoms with van der Waals surface area (Å²) in [6, 6.07) is 7.31. The molecule has 1 aromatic carbocycles. The van der Waals surface area contributed by atoms with Gasteiger partial charge in [0, 0.05) is 31.0 Å². The van der Waals surface area contributed by atoms with Crippen molar-refractivity contribution in [3.8, 4) is 11.3 Å². The molecule has 0 atom stereocenters. The Morgan fingerprint density at radius 1 is 1.20 bits per heavy atom. The number of hydrogen-bond acceptors (Lipinski definition) is 6. The van der Waals surface area contributed by atoms with Gasteiger partial charge in [0.1, 0.15) is 0 Å². The van der Waals surface area contributed by atoms with Crippen LogP contribution in [0.2, 0.25) is 0 Å². The molecule has 0 aliphatic carbocycles. The van der Waals surface area contributed by atoms with Gasteiger partial charge in [0.05, 0.1) is 24.9 Å². The molecule has 0 radical (unpaired) electrons. The fraction of sp³-hybridized carbons (Fsp3) is 0.294. The van der Waals surface area contributed by atoms with E-state index in [1.54, 1.807) is 24.1 Å². The summed E-state index contributed by atoms with van der Waals surface area (Å²) in [6.07, 6.45) is 1.69. The number of amides is 2. The minimum absolute atomic E-state index is 0.195. The van der Waals surface area contributed by atoms with E-state index in [0.717, 1.165) is 16.5 Å². The summed E-state index contributed by atoms with van der Waals surface area (Å²) in [5.74, 6) is 1.71. The number of morpholine rings is 1. The van der Waals surface area contributed by atoms with Gasteiger partial charge in [-0.1, -0.05) is 0 Å². The first-order valence-corrected chi connectivity index (χ1v) is 8.03. The highest BCUT2D eigenvalue weighted by atomic mass is 16.5. The molecule has 128 valence electrons. The first-order chi connectivity index (χ1) is 12.2. The van der Waals surface area contributed by atoms with E-state index < -0.39 is 0 Å². The van der Waals surface area contributed by atoms with Crippen LogP contribution in [0.1, 0.15) is 5.89 Å². The molecular weight excluding hydrogens is 322 g/mol. The Balaban J connectivity index is 1.59. The number of rotatable bonds is 2. The number of aromatic nitrogens is 3. The maximum Gasteiger partial charge on any atom is 0.323 e. The van der Waals surface area contributed by atoms with E-state index in [1.807, 2.05) is 18.2 Å². The standard InChI is InChI=1S/C17H17N5O3/c1-11-18-10-15(25-11)12-2-3-14-13(8-12)9-16(21-20-14)19-17(23)22-4-6-24-7-5-22/h2-3,8-10H,4-7H2,1H3,(H,19,21,23). The van der Waals surface area contributed by atoms with Crippen molar-refractivity contribution in [3.05, 3.63) is 36.4 Å². The maximum absolute atomic E-state index is 12.3. The van der Waals surface area contributed by atoms with Crippen LogP contribution in [0.5, 0.6) is 0 Å².